The lowest BCUT2D eigenvalue weighted by Crippen LogP contribution is -2.40. The normalized spacial score (nSPS) is 17.1. The van der Waals surface area contributed by atoms with Gasteiger partial charge in [0.05, 0.1) is 11.0 Å². The number of benzene rings is 2. The lowest BCUT2D eigenvalue weighted by Gasteiger charge is -2.21. The number of nitrogens with one attached hydrogen (secondary N) is 2. The van der Waals surface area contributed by atoms with Crippen molar-refractivity contribution in [3.8, 4) is 0 Å². The molecule has 2 aromatic carbocycles. The first-order chi connectivity index (χ1) is 12.8. The average Bonchev–Trinajstić information content (AvgIpc) is 3.33. The van der Waals surface area contributed by atoms with Crippen LogP contribution in [0.1, 0.15) is 23.7 Å². The molecule has 0 radical (unpaired) electrons. The highest BCUT2D eigenvalue weighted by Crippen LogP contribution is 2.26. The molecule has 27 heavy (non-hydrogen) atoms. The standard InChI is InChI=1S/C21H25N5.HI/c1-22-21(26-14-12-17(15-26)16-7-3-2-4-8-16)23-13-11-20-24-18-9-5-6-10-19(18)25-20;/h2-10,17H,11-15H2,1H3,(H,22,23)(H,24,25);1H. The Labute approximate surface area is 177 Å². The van der Waals surface area contributed by atoms with Crippen molar-refractivity contribution >= 4 is 41.0 Å². The van der Waals surface area contributed by atoms with Gasteiger partial charge in [0.1, 0.15) is 5.82 Å². The number of imidazole rings is 1. The smallest absolute Gasteiger partial charge is 0.193 e. The van der Waals surface area contributed by atoms with Gasteiger partial charge in [-0.05, 0) is 24.1 Å². The van der Waals surface area contributed by atoms with Gasteiger partial charge in [-0.15, -0.1) is 24.0 Å². The largest absolute Gasteiger partial charge is 0.356 e. The predicted molar refractivity (Wildman–Crippen MR) is 122 cm³/mol. The minimum Gasteiger partial charge on any atom is -0.356 e. The van der Waals surface area contributed by atoms with Crippen LogP contribution in [0.15, 0.2) is 59.6 Å². The molecule has 142 valence electrons. The number of guanidine groups is 1. The highest BCUT2D eigenvalue weighted by atomic mass is 127. The molecule has 1 aliphatic heterocycles. The number of aromatic amines is 1. The molecule has 0 amide bonds. The van der Waals surface area contributed by atoms with Crippen LogP contribution in [0.3, 0.4) is 0 Å². The van der Waals surface area contributed by atoms with Gasteiger partial charge < -0.3 is 15.2 Å². The van der Waals surface area contributed by atoms with Crippen LogP contribution in [0.25, 0.3) is 11.0 Å². The van der Waals surface area contributed by atoms with Gasteiger partial charge in [0.15, 0.2) is 5.96 Å². The second-order valence-corrected chi connectivity index (χ2v) is 6.77. The zero-order chi connectivity index (χ0) is 17.8. The number of hydrogen-bond acceptors (Lipinski definition) is 2. The van der Waals surface area contributed by atoms with Crippen LogP contribution in [-0.2, 0) is 6.42 Å². The second-order valence-electron chi connectivity index (χ2n) is 6.77. The van der Waals surface area contributed by atoms with Gasteiger partial charge in [-0.1, -0.05) is 42.5 Å². The first-order valence-corrected chi connectivity index (χ1v) is 9.27. The number of hydrogen-bond donors (Lipinski definition) is 2. The molecule has 4 rings (SSSR count). The quantitative estimate of drug-likeness (QED) is 0.343. The number of rotatable bonds is 4. The van der Waals surface area contributed by atoms with Crippen molar-refractivity contribution in [2.45, 2.75) is 18.8 Å². The molecule has 2 heterocycles. The van der Waals surface area contributed by atoms with E-state index in [1.165, 1.54) is 12.0 Å². The minimum absolute atomic E-state index is 0. The monoisotopic (exact) mass is 475 g/mol. The summed E-state index contributed by atoms with van der Waals surface area (Å²) in [7, 11) is 1.86. The second kappa shape index (κ2) is 9.21. The number of likely N-dealkylation sites (tertiary alicyclic amines) is 1. The van der Waals surface area contributed by atoms with Gasteiger partial charge in [0.2, 0.25) is 0 Å². The van der Waals surface area contributed by atoms with E-state index in [0.29, 0.717) is 5.92 Å². The number of para-hydroxylation sites is 2. The van der Waals surface area contributed by atoms with Crippen molar-refractivity contribution in [2.75, 3.05) is 26.7 Å². The maximum Gasteiger partial charge on any atom is 0.193 e. The summed E-state index contributed by atoms with van der Waals surface area (Å²) in [5.74, 6) is 2.59. The summed E-state index contributed by atoms with van der Waals surface area (Å²) in [6, 6.07) is 18.9. The Hall–Kier alpha value is -2.09. The topological polar surface area (TPSA) is 56.3 Å². The molecule has 1 saturated heterocycles. The van der Waals surface area contributed by atoms with E-state index in [9.17, 15) is 0 Å². The van der Waals surface area contributed by atoms with E-state index in [0.717, 1.165) is 48.9 Å². The zero-order valence-corrected chi connectivity index (χ0v) is 17.9. The van der Waals surface area contributed by atoms with E-state index >= 15 is 0 Å². The number of aliphatic imine (C=N–C) groups is 1. The predicted octanol–water partition coefficient (Wildman–Crippen LogP) is 3.79. The van der Waals surface area contributed by atoms with Crippen molar-refractivity contribution in [3.05, 3.63) is 66.0 Å². The van der Waals surface area contributed by atoms with Gasteiger partial charge in [-0.3, -0.25) is 4.99 Å². The van der Waals surface area contributed by atoms with Crippen LogP contribution < -0.4 is 5.32 Å². The summed E-state index contributed by atoms with van der Waals surface area (Å²) < 4.78 is 0. The number of H-pyrrole nitrogens is 1. The van der Waals surface area contributed by atoms with Gasteiger partial charge >= 0.3 is 0 Å². The van der Waals surface area contributed by atoms with Crippen molar-refractivity contribution < 1.29 is 0 Å². The fraction of sp³-hybridized carbons (Fsp3) is 0.333. The van der Waals surface area contributed by atoms with Crippen molar-refractivity contribution in [3.63, 3.8) is 0 Å². The number of nitrogens with zero attached hydrogens (tertiary/aromatic N) is 3. The number of aromatic nitrogens is 2. The van der Waals surface area contributed by atoms with Crippen LogP contribution in [0.2, 0.25) is 0 Å². The molecule has 2 N–H and O–H groups in total. The Kier molecular flexibility index (Phi) is 6.71. The van der Waals surface area contributed by atoms with E-state index in [2.05, 4.69) is 61.6 Å². The Morgan fingerprint density at radius 2 is 1.96 bits per heavy atom. The lowest BCUT2D eigenvalue weighted by molar-refractivity contribution is 0.486. The van der Waals surface area contributed by atoms with Gasteiger partial charge in [0, 0.05) is 39.0 Å². The summed E-state index contributed by atoms with van der Waals surface area (Å²) >= 11 is 0. The summed E-state index contributed by atoms with van der Waals surface area (Å²) in [6.07, 6.45) is 2.03. The SMILES string of the molecule is CN=C(NCCc1nc2ccccc2[nH]1)N1CCC(c2ccccc2)C1.I. The van der Waals surface area contributed by atoms with Gasteiger partial charge in [-0.25, -0.2) is 4.98 Å². The fourth-order valence-electron chi connectivity index (χ4n) is 3.70. The zero-order valence-electron chi connectivity index (χ0n) is 15.6. The molecule has 1 aliphatic rings. The highest BCUT2D eigenvalue weighted by molar-refractivity contribution is 14.0. The minimum atomic E-state index is 0. The maximum absolute atomic E-state index is 4.64. The summed E-state index contributed by atoms with van der Waals surface area (Å²) in [5, 5.41) is 3.49. The third kappa shape index (κ3) is 4.61. The molecule has 1 atom stereocenters. The maximum atomic E-state index is 4.64. The first kappa shape index (κ1) is 19.7. The van der Waals surface area contributed by atoms with E-state index in [4.69, 9.17) is 0 Å². The summed E-state index contributed by atoms with van der Waals surface area (Å²) in [6.45, 7) is 2.89. The third-order valence-corrected chi connectivity index (χ3v) is 5.05. The van der Waals surface area contributed by atoms with Gasteiger partial charge in [-0.2, -0.15) is 0 Å². The van der Waals surface area contributed by atoms with E-state index in [1.807, 2.05) is 25.2 Å². The van der Waals surface area contributed by atoms with Crippen LogP contribution in [0.5, 0.6) is 0 Å². The molecule has 1 aromatic heterocycles. The third-order valence-electron chi connectivity index (χ3n) is 5.05. The molecule has 1 unspecified atom stereocenters. The van der Waals surface area contributed by atoms with Crippen LogP contribution in [-0.4, -0.2) is 47.5 Å². The van der Waals surface area contributed by atoms with Gasteiger partial charge in [0.25, 0.3) is 0 Å². The Bertz CT molecular complexity index is 857. The lowest BCUT2D eigenvalue weighted by atomic mass is 9.99. The first-order valence-electron chi connectivity index (χ1n) is 9.27. The molecule has 5 nitrogen and oxygen atoms in total. The van der Waals surface area contributed by atoms with Crippen molar-refractivity contribution in [1.82, 2.24) is 20.2 Å². The molecule has 1 fully saturated rings. The average molecular weight is 475 g/mol. The Morgan fingerprint density at radius 3 is 2.74 bits per heavy atom. The van der Waals surface area contributed by atoms with Crippen LogP contribution >= 0.6 is 24.0 Å². The van der Waals surface area contributed by atoms with E-state index in [1.54, 1.807) is 0 Å². The number of fused-ring (bicyclic) bond motifs is 1. The molecule has 3 aromatic rings. The molecule has 0 saturated carbocycles. The van der Waals surface area contributed by atoms with Crippen LogP contribution in [0.4, 0.5) is 0 Å². The van der Waals surface area contributed by atoms with Crippen molar-refractivity contribution in [1.29, 1.82) is 0 Å². The fourth-order valence-corrected chi connectivity index (χ4v) is 3.70. The highest BCUT2D eigenvalue weighted by Gasteiger charge is 2.25. The summed E-state index contributed by atoms with van der Waals surface area (Å²) in [4.78, 5) is 14.8. The molecule has 0 aliphatic carbocycles. The molecular weight excluding hydrogens is 449 g/mol. The van der Waals surface area contributed by atoms with E-state index in [-0.39, 0.29) is 24.0 Å². The van der Waals surface area contributed by atoms with Crippen molar-refractivity contribution in [2.24, 2.45) is 4.99 Å². The summed E-state index contributed by atoms with van der Waals surface area (Å²) in [5.41, 5.74) is 3.54. The molecule has 0 bridgehead atoms. The molecule has 0 spiro atoms. The Balaban J connectivity index is 0.00000210. The molecule has 6 heteroatoms. The Morgan fingerprint density at radius 1 is 1.19 bits per heavy atom. The molecular formula is C21H26IN5. The number of halogens is 1. The van der Waals surface area contributed by atoms with E-state index < -0.39 is 0 Å². The van der Waals surface area contributed by atoms with Crippen LogP contribution in [0, 0.1) is 0 Å².